The number of amidine groups is 1. The van der Waals surface area contributed by atoms with Crippen molar-refractivity contribution >= 4 is 27.5 Å². The number of fused-ring (bicyclic) bond motifs is 1. The van der Waals surface area contributed by atoms with Crippen LogP contribution in [0.25, 0.3) is 0 Å². The lowest BCUT2D eigenvalue weighted by molar-refractivity contribution is -0.137. The Morgan fingerprint density at radius 3 is 2.59 bits per heavy atom. The van der Waals surface area contributed by atoms with Gasteiger partial charge in [0, 0.05) is 15.7 Å². The predicted molar refractivity (Wildman–Crippen MR) is 84.2 cm³/mol. The van der Waals surface area contributed by atoms with Gasteiger partial charge in [-0.1, -0.05) is 34.1 Å². The van der Waals surface area contributed by atoms with E-state index in [1.807, 2.05) is 31.2 Å². The Morgan fingerprint density at radius 2 is 1.91 bits per heavy atom. The van der Waals surface area contributed by atoms with E-state index >= 15 is 0 Å². The summed E-state index contributed by atoms with van der Waals surface area (Å²) in [5.74, 6) is 0.570. The molecule has 0 saturated carbocycles. The lowest BCUT2D eigenvalue weighted by Gasteiger charge is -2.24. The van der Waals surface area contributed by atoms with Gasteiger partial charge in [0.1, 0.15) is 5.84 Å². The van der Waals surface area contributed by atoms with Crippen molar-refractivity contribution in [3.05, 3.63) is 63.6 Å². The molecule has 6 heteroatoms. The van der Waals surface area contributed by atoms with Gasteiger partial charge < -0.3 is 5.32 Å². The van der Waals surface area contributed by atoms with Gasteiger partial charge in [-0.05, 0) is 36.8 Å². The number of hydrogen-bond donors (Lipinski definition) is 1. The van der Waals surface area contributed by atoms with Crippen LogP contribution in [0.15, 0.2) is 51.9 Å². The Kier molecular flexibility index (Phi) is 3.72. The molecular weight excluding hydrogens is 357 g/mol. The number of anilines is 1. The maximum absolute atomic E-state index is 12.9. The van der Waals surface area contributed by atoms with E-state index in [0.29, 0.717) is 11.5 Å². The molecule has 0 fully saturated rings. The molecule has 0 bridgehead atoms. The largest absolute Gasteiger partial charge is 0.416 e. The van der Waals surface area contributed by atoms with Gasteiger partial charge in [-0.15, -0.1) is 0 Å². The van der Waals surface area contributed by atoms with Gasteiger partial charge in [0.05, 0.1) is 11.6 Å². The maximum atomic E-state index is 12.9. The fraction of sp³-hybridized carbons (Fsp3) is 0.188. The Morgan fingerprint density at radius 1 is 1.14 bits per heavy atom. The van der Waals surface area contributed by atoms with E-state index in [4.69, 9.17) is 0 Å². The first-order valence-corrected chi connectivity index (χ1v) is 7.46. The molecule has 1 atom stereocenters. The molecule has 2 aromatic carbocycles. The molecule has 3 rings (SSSR count). The van der Waals surface area contributed by atoms with Crippen LogP contribution < -0.4 is 5.32 Å². The van der Waals surface area contributed by atoms with Gasteiger partial charge in [-0.2, -0.15) is 13.2 Å². The van der Waals surface area contributed by atoms with Gasteiger partial charge in [-0.3, -0.25) is 4.99 Å². The third-order valence-corrected chi connectivity index (χ3v) is 4.00. The molecule has 1 N–H and O–H groups in total. The van der Waals surface area contributed by atoms with Crippen LogP contribution in [-0.4, -0.2) is 5.84 Å². The average Bonchev–Trinajstić information content (AvgIpc) is 2.45. The number of nitrogens with one attached hydrogen (secondary N) is 1. The topological polar surface area (TPSA) is 24.4 Å². The molecule has 2 aromatic rings. The second-order valence-corrected chi connectivity index (χ2v) is 6.00. The number of hydrogen-bond acceptors (Lipinski definition) is 2. The van der Waals surface area contributed by atoms with Crippen molar-refractivity contribution in [3.63, 3.8) is 0 Å². The minimum atomic E-state index is -4.36. The minimum Gasteiger partial charge on any atom is -0.340 e. The van der Waals surface area contributed by atoms with Crippen LogP contribution in [0.1, 0.15) is 29.7 Å². The second-order valence-electron chi connectivity index (χ2n) is 5.09. The van der Waals surface area contributed by atoms with Crippen molar-refractivity contribution in [2.24, 2.45) is 4.99 Å². The highest BCUT2D eigenvalue weighted by Crippen LogP contribution is 2.37. The van der Waals surface area contributed by atoms with Gasteiger partial charge in [-0.25, -0.2) is 0 Å². The molecule has 1 aliphatic rings. The van der Waals surface area contributed by atoms with Gasteiger partial charge in [0.15, 0.2) is 0 Å². The number of benzene rings is 2. The van der Waals surface area contributed by atoms with Crippen LogP contribution in [0.5, 0.6) is 0 Å². The lowest BCUT2D eigenvalue weighted by Crippen LogP contribution is -2.21. The molecule has 0 aromatic heterocycles. The molecule has 0 radical (unpaired) electrons. The Labute approximate surface area is 134 Å². The summed E-state index contributed by atoms with van der Waals surface area (Å²) < 4.78 is 39.5. The maximum Gasteiger partial charge on any atom is 0.416 e. The Balaban J connectivity index is 2.01. The zero-order valence-electron chi connectivity index (χ0n) is 11.6. The third-order valence-electron chi connectivity index (χ3n) is 3.50. The normalized spacial score (nSPS) is 17.5. The van der Waals surface area contributed by atoms with E-state index in [2.05, 4.69) is 26.2 Å². The zero-order chi connectivity index (χ0) is 15.9. The Hall–Kier alpha value is -1.82. The summed E-state index contributed by atoms with van der Waals surface area (Å²) in [6.07, 6.45) is -4.36. The zero-order valence-corrected chi connectivity index (χ0v) is 13.2. The van der Waals surface area contributed by atoms with Crippen molar-refractivity contribution in [3.8, 4) is 0 Å². The highest BCUT2D eigenvalue weighted by atomic mass is 79.9. The quantitative estimate of drug-likeness (QED) is 0.715. The van der Waals surface area contributed by atoms with Crippen LogP contribution in [0.4, 0.5) is 18.9 Å². The number of nitrogens with zero attached hydrogens (tertiary/aromatic N) is 1. The van der Waals surface area contributed by atoms with E-state index in [9.17, 15) is 13.2 Å². The standard InChI is InChI=1S/C16H12BrF3N2/c1-9-13-6-5-11(16(18,19)20)8-14(13)22-15(21-9)10-3-2-4-12(17)7-10/h2-9H,1H3,(H,21,22). The first-order valence-electron chi connectivity index (χ1n) is 6.66. The van der Waals surface area contributed by atoms with E-state index in [-0.39, 0.29) is 6.04 Å². The first-order chi connectivity index (χ1) is 10.3. The number of rotatable bonds is 1. The van der Waals surface area contributed by atoms with Crippen molar-refractivity contribution < 1.29 is 13.2 Å². The van der Waals surface area contributed by atoms with E-state index in [1.54, 1.807) is 0 Å². The van der Waals surface area contributed by atoms with Gasteiger partial charge in [0.25, 0.3) is 0 Å². The third kappa shape index (κ3) is 2.88. The van der Waals surface area contributed by atoms with Crippen LogP contribution >= 0.6 is 15.9 Å². The summed E-state index contributed by atoms with van der Waals surface area (Å²) in [4.78, 5) is 4.53. The van der Waals surface area contributed by atoms with E-state index < -0.39 is 11.7 Å². The summed E-state index contributed by atoms with van der Waals surface area (Å²) in [7, 11) is 0. The molecule has 1 aliphatic heterocycles. The molecule has 114 valence electrons. The molecular formula is C16H12BrF3N2. The lowest BCUT2D eigenvalue weighted by atomic mass is 10.0. The summed E-state index contributed by atoms with van der Waals surface area (Å²) in [6, 6.07) is 11.0. The molecule has 22 heavy (non-hydrogen) atoms. The van der Waals surface area contributed by atoms with E-state index in [1.165, 1.54) is 6.07 Å². The molecule has 1 heterocycles. The summed E-state index contributed by atoms with van der Waals surface area (Å²) in [5, 5.41) is 3.01. The average molecular weight is 369 g/mol. The second kappa shape index (κ2) is 5.43. The van der Waals surface area contributed by atoms with Crippen LogP contribution in [0.3, 0.4) is 0 Å². The fourth-order valence-electron chi connectivity index (χ4n) is 2.41. The van der Waals surface area contributed by atoms with Crippen molar-refractivity contribution in [2.75, 3.05) is 5.32 Å². The highest BCUT2D eigenvalue weighted by molar-refractivity contribution is 9.10. The molecule has 1 unspecified atom stereocenters. The van der Waals surface area contributed by atoms with Gasteiger partial charge >= 0.3 is 6.18 Å². The van der Waals surface area contributed by atoms with Crippen molar-refractivity contribution in [1.29, 1.82) is 0 Å². The highest BCUT2D eigenvalue weighted by Gasteiger charge is 2.32. The van der Waals surface area contributed by atoms with Gasteiger partial charge in [0.2, 0.25) is 0 Å². The number of alkyl halides is 3. The van der Waals surface area contributed by atoms with Crippen LogP contribution in [0.2, 0.25) is 0 Å². The molecule has 0 saturated heterocycles. The summed E-state index contributed by atoms with van der Waals surface area (Å²) in [5.41, 5.74) is 1.37. The first kappa shape index (κ1) is 15.1. The Bertz CT molecular complexity index is 753. The molecule has 0 amide bonds. The van der Waals surface area contributed by atoms with Crippen LogP contribution in [0, 0.1) is 0 Å². The summed E-state index contributed by atoms with van der Waals surface area (Å²) >= 11 is 3.38. The SMILES string of the molecule is CC1N=C(c2cccc(Br)c2)Nc2cc(C(F)(F)F)ccc21. The van der Waals surface area contributed by atoms with Crippen molar-refractivity contribution in [2.45, 2.75) is 19.1 Å². The summed E-state index contributed by atoms with van der Waals surface area (Å²) in [6.45, 7) is 1.87. The number of halogens is 4. The monoisotopic (exact) mass is 368 g/mol. The smallest absolute Gasteiger partial charge is 0.340 e. The minimum absolute atomic E-state index is 0.201. The van der Waals surface area contributed by atoms with Crippen LogP contribution in [-0.2, 0) is 6.18 Å². The van der Waals surface area contributed by atoms with E-state index in [0.717, 1.165) is 27.7 Å². The van der Waals surface area contributed by atoms with Crippen molar-refractivity contribution in [1.82, 2.24) is 0 Å². The molecule has 2 nitrogen and oxygen atoms in total. The predicted octanol–water partition coefficient (Wildman–Crippen LogP) is 5.40. The molecule has 0 aliphatic carbocycles. The number of aliphatic imine (C=N–C) groups is 1. The molecule has 0 spiro atoms. The fourth-order valence-corrected chi connectivity index (χ4v) is 2.81.